The van der Waals surface area contributed by atoms with Crippen LogP contribution in [0.3, 0.4) is 0 Å². The number of hydrogen-bond acceptors (Lipinski definition) is 7. The van der Waals surface area contributed by atoms with Crippen LogP contribution in [0.15, 0.2) is 18.3 Å². The van der Waals surface area contributed by atoms with Crippen molar-refractivity contribution in [2.75, 3.05) is 36.8 Å². The molecular weight excluding hydrogens is 296 g/mol. The molecule has 9 nitrogen and oxygen atoms in total. The smallest absolute Gasteiger partial charge is 0.244 e. The van der Waals surface area contributed by atoms with Crippen molar-refractivity contribution in [2.45, 2.75) is 19.9 Å². The first-order valence-electron chi connectivity index (χ1n) is 7.60. The van der Waals surface area contributed by atoms with Gasteiger partial charge in [0.1, 0.15) is 6.54 Å². The molecule has 9 heteroatoms. The summed E-state index contributed by atoms with van der Waals surface area (Å²) in [6, 6.07) is 4.07. The zero-order valence-electron chi connectivity index (χ0n) is 13.1. The van der Waals surface area contributed by atoms with E-state index >= 15 is 0 Å². The SMILES string of the molecule is Cc1cc(N2CCCN(C(=O)Cn3nnnc3N)CC2)ccn1. The number of carbonyl (C=O) groups is 1. The van der Waals surface area contributed by atoms with Crippen molar-refractivity contribution in [1.82, 2.24) is 30.1 Å². The summed E-state index contributed by atoms with van der Waals surface area (Å²) in [6.07, 6.45) is 2.73. The first-order valence-corrected chi connectivity index (χ1v) is 7.60. The van der Waals surface area contributed by atoms with Crippen LogP contribution in [-0.4, -0.2) is 62.2 Å². The molecule has 0 unspecified atom stereocenters. The minimum absolute atomic E-state index is 0.0169. The Morgan fingerprint density at radius 1 is 1.30 bits per heavy atom. The molecular formula is C14H20N8O. The molecule has 1 saturated heterocycles. The lowest BCUT2D eigenvalue weighted by Gasteiger charge is -2.23. The number of amides is 1. The number of nitrogen functional groups attached to an aromatic ring is 1. The average Bonchev–Trinajstić information content (AvgIpc) is 2.80. The summed E-state index contributed by atoms with van der Waals surface area (Å²) in [6.45, 7) is 5.16. The predicted octanol–water partition coefficient (Wildman–Crippen LogP) is -0.302. The number of nitrogens with zero attached hydrogens (tertiary/aromatic N) is 7. The maximum atomic E-state index is 12.4. The number of aromatic nitrogens is 5. The van der Waals surface area contributed by atoms with Crippen molar-refractivity contribution in [3.8, 4) is 0 Å². The average molecular weight is 316 g/mol. The number of aryl methyl sites for hydroxylation is 1. The van der Waals surface area contributed by atoms with Gasteiger partial charge in [0.2, 0.25) is 11.9 Å². The lowest BCUT2D eigenvalue weighted by molar-refractivity contribution is -0.131. The third-order valence-corrected chi connectivity index (χ3v) is 3.94. The van der Waals surface area contributed by atoms with Crippen LogP contribution in [0, 0.1) is 6.92 Å². The molecule has 0 aromatic carbocycles. The molecule has 1 aliphatic heterocycles. The first-order chi connectivity index (χ1) is 11.1. The van der Waals surface area contributed by atoms with Crippen LogP contribution < -0.4 is 10.6 Å². The molecule has 0 bridgehead atoms. The second-order valence-corrected chi connectivity index (χ2v) is 5.57. The highest BCUT2D eigenvalue weighted by atomic mass is 16.2. The third-order valence-electron chi connectivity index (χ3n) is 3.94. The van der Waals surface area contributed by atoms with Crippen molar-refractivity contribution in [3.05, 3.63) is 24.0 Å². The van der Waals surface area contributed by atoms with Gasteiger partial charge in [0.25, 0.3) is 0 Å². The van der Waals surface area contributed by atoms with Crippen LogP contribution in [0.4, 0.5) is 11.6 Å². The van der Waals surface area contributed by atoms with Crippen LogP contribution in [-0.2, 0) is 11.3 Å². The van der Waals surface area contributed by atoms with E-state index in [1.165, 1.54) is 4.68 Å². The molecule has 1 amide bonds. The van der Waals surface area contributed by atoms with Crippen molar-refractivity contribution < 1.29 is 4.79 Å². The fraction of sp³-hybridized carbons (Fsp3) is 0.500. The van der Waals surface area contributed by atoms with Crippen LogP contribution in [0.2, 0.25) is 0 Å². The van der Waals surface area contributed by atoms with E-state index in [1.54, 1.807) is 0 Å². The molecule has 0 radical (unpaired) electrons. The lowest BCUT2D eigenvalue weighted by Crippen LogP contribution is -2.37. The fourth-order valence-electron chi connectivity index (χ4n) is 2.70. The van der Waals surface area contributed by atoms with E-state index in [-0.39, 0.29) is 18.4 Å². The van der Waals surface area contributed by atoms with Crippen LogP contribution >= 0.6 is 0 Å². The summed E-state index contributed by atoms with van der Waals surface area (Å²) in [5.41, 5.74) is 7.75. The monoisotopic (exact) mass is 316 g/mol. The quantitative estimate of drug-likeness (QED) is 0.828. The Bertz CT molecular complexity index is 685. The van der Waals surface area contributed by atoms with E-state index < -0.39 is 0 Å². The van der Waals surface area contributed by atoms with E-state index in [4.69, 9.17) is 5.73 Å². The van der Waals surface area contributed by atoms with Gasteiger partial charge in [-0.2, -0.15) is 0 Å². The summed E-state index contributed by atoms with van der Waals surface area (Å²) in [4.78, 5) is 20.7. The topological polar surface area (TPSA) is 106 Å². The van der Waals surface area contributed by atoms with Crippen molar-refractivity contribution in [3.63, 3.8) is 0 Å². The van der Waals surface area contributed by atoms with Gasteiger partial charge in [-0.1, -0.05) is 5.10 Å². The lowest BCUT2D eigenvalue weighted by atomic mass is 10.3. The van der Waals surface area contributed by atoms with E-state index in [0.29, 0.717) is 6.54 Å². The third kappa shape index (κ3) is 3.55. The molecule has 2 aromatic heterocycles. The second-order valence-electron chi connectivity index (χ2n) is 5.57. The molecule has 1 fully saturated rings. The summed E-state index contributed by atoms with van der Waals surface area (Å²) in [7, 11) is 0. The Kier molecular flexibility index (Phi) is 4.35. The van der Waals surface area contributed by atoms with Gasteiger partial charge in [-0.15, -0.1) is 0 Å². The molecule has 0 spiro atoms. The molecule has 3 heterocycles. The van der Waals surface area contributed by atoms with Crippen LogP contribution in [0.5, 0.6) is 0 Å². The standard InChI is InChI=1S/C14H20N8O/c1-11-9-12(3-4-16-11)20-5-2-6-21(8-7-20)13(23)10-22-14(15)17-18-19-22/h3-4,9H,2,5-8,10H2,1H3,(H2,15,17,19). The molecule has 0 aliphatic carbocycles. The minimum Gasteiger partial charge on any atom is -0.370 e. The largest absolute Gasteiger partial charge is 0.370 e. The molecule has 2 N–H and O–H groups in total. The van der Waals surface area contributed by atoms with Gasteiger partial charge in [-0.3, -0.25) is 9.78 Å². The maximum Gasteiger partial charge on any atom is 0.244 e. The van der Waals surface area contributed by atoms with E-state index in [2.05, 4.69) is 31.5 Å². The normalized spacial score (nSPS) is 15.5. The Hall–Kier alpha value is -2.71. The van der Waals surface area contributed by atoms with Crippen LogP contribution in [0.25, 0.3) is 0 Å². The van der Waals surface area contributed by atoms with Crippen molar-refractivity contribution >= 4 is 17.5 Å². The van der Waals surface area contributed by atoms with E-state index in [1.807, 2.05) is 24.1 Å². The first kappa shape index (κ1) is 15.2. The molecule has 1 aliphatic rings. The Morgan fingerprint density at radius 3 is 2.91 bits per heavy atom. The Labute approximate surface area is 134 Å². The minimum atomic E-state index is -0.0169. The van der Waals surface area contributed by atoms with Gasteiger partial charge < -0.3 is 15.5 Å². The summed E-state index contributed by atoms with van der Waals surface area (Å²) in [5, 5.41) is 10.8. The molecule has 0 saturated carbocycles. The summed E-state index contributed by atoms with van der Waals surface area (Å²) in [5.74, 6) is 0.138. The van der Waals surface area contributed by atoms with Crippen molar-refractivity contribution in [2.24, 2.45) is 0 Å². The summed E-state index contributed by atoms with van der Waals surface area (Å²) < 4.78 is 1.32. The number of hydrogen-bond donors (Lipinski definition) is 1. The Morgan fingerprint density at radius 2 is 2.17 bits per heavy atom. The van der Waals surface area contributed by atoms with Gasteiger partial charge >= 0.3 is 0 Å². The fourth-order valence-corrected chi connectivity index (χ4v) is 2.70. The molecule has 23 heavy (non-hydrogen) atoms. The zero-order chi connectivity index (χ0) is 16.2. The Balaban J connectivity index is 1.62. The van der Waals surface area contributed by atoms with Gasteiger partial charge in [0, 0.05) is 43.8 Å². The van der Waals surface area contributed by atoms with E-state index in [9.17, 15) is 4.79 Å². The molecule has 3 rings (SSSR count). The molecule has 2 aromatic rings. The number of rotatable bonds is 3. The molecule has 122 valence electrons. The second kappa shape index (κ2) is 6.59. The van der Waals surface area contributed by atoms with Gasteiger partial charge in [0.05, 0.1) is 0 Å². The highest BCUT2D eigenvalue weighted by Gasteiger charge is 2.20. The van der Waals surface area contributed by atoms with Gasteiger partial charge in [-0.25, -0.2) is 4.68 Å². The number of anilines is 2. The number of pyridine rings is 1. The zero-order valence-corrected chi connectivity index (χ0v) is 13.1. The maximum absolute atomic E-state index is 12.4. The van der Waals surface area contributed by atoms with E-state index in [0.717, 1.165) is 37.4 Å². The van der Waals surface area contributed by atoms with Crippen molar-refractivity contribution in [1.29, 1.82) is 0 Å². The highest BCUT2D eigenvalue weighted by molar-refractivity contribution is 5.76. The number of nitrogens with two attached hydrogens (primary N) is 1. The number of carbonyl (C=O) groups excluding carboxylic acids is 1. The summed E-state index contributed by atoms with van der Waals surface area (Å²) >= 11 is 0. The highest BCUT2D eigenvalue weighted by Crippen LogP contribution is 2.17. The van der Waals surface area contributed by atoms with Crippen LogP contribution in [0.1, 0.15) is 12.1 Å². The van der Waals surface area contributed by atoms with Gasteiger partial charge in [-0.05, 0) is 35.9 Å². The number of tetrazole rings is 1. The predicted molar refractivity (Wildman–Crippen MR) is 84.6 cm³/mol. The molecule has 0 atom stereocenters. The van der Waals surface area contributed by atoms with Gasteiger partial charge in [0.15, 0.2) is 0 Å².